The maximum absolute atomic E-state index is 12.1. The fraction of sp³-hybridized carbons (Fsp3) is 0. The molecule has 1 heterocycles. The van der Waals surface area contributed by atoms with Gasteiger partial charge in [0.25, 0.3) is 0 Å². The molecular formula is C25H17NO. The first-order chi connectivity index (χ1) is 13.3. The standard InChI is InChI=1S/C25H17NO/c27-25(22-9-5-2-6-10-22)18-16-23-15-17-24(26-23)21-13-11-20(12-14-21)19-7-3-1-4-8-19/h1-15,17,26H. The number of hydrogen-bond acceptors (Lipinski definition) is 1. The molecule has 128 valence electrons. The van der Waals surface area contributed by atoms with Gasteiger partial charge in [-0.15, -0.1) is 0 Å². The van der Waals surface area contributed by atoms with Crippen molar-refractivity contribution in [3.8, 4) is 34.2 Å². The first-order valence-electron chi connectivity index (χ1n) is 8.76. The first-order valence-corrected chi connectivity index (χ1v) is 8.76. The zero-order valence-electron chi connectivity index (χ0n) is 14.6. The predicted molar refractivity (Wildman–Crippen MR) is 109 cm³/mol. The Bertz CT molecular complexity index is 1110. The molecule has 3 aromatic carbocycles. The molecule has 0 fully saturated rings. The summed E-state index contributed by atoms with van der Waals surface area (Å²) in [6, 6.07) is 31.6. The van der Waals surface area contributed by atoms with Crippen molar-refractivity contribution in [1.29, 1.82) is 0 Å². The molecule has 0 bridgehead atoms. The topological polar surface area (TPSA) is 32.9 Å². The number of aromatic amines is 1. The van der Waals surface area contributed by atoms with Gasteiger partial charge in [-0.05, 0) is 40.7 Å². The molecule has 0 atom stereocenters. The highest BCUT2D eigenvalue weighted by atomic mass is 16.1. The largest absolute Gasteiger partial charge is 0.348 e. The monoisotopic (exact) mass is 347 g/mol. The molecule has 0 aliphatic heterocycles. The Labute approximate surface area is 158 Å². The summed E-state index contributed by atoms with van der Waals surface area (Å²) >= 11 is 0. The molecule has 2 heteroatoms. The molecular weight excluding hydrogens is 330 g/mol. The van der Waals surface area contributed by atoms with E-state index in [2.05, 4.69) is 53.2 Å². The second-order valence-electron chi connectivity index (χ2n) is 6.17. The Kier molecular flexibility index (Phi) is 4.68. The van der Waals surface area contributed by atoms with E-state index < -0.39 is 0 Å². The van der Waals surface area contributed by atoms with Crippen molar-refractivity contribution in [1.82, 2.24) is 4.98 Å². The number of carbonyl (C=O) groups excluding carboxylic acids is 1. The van der Waals surface area contributed by atoms with Crippen LogP contribution in [0.3, 0.4) is 0 Å². The van der Waals surface area contributed by atoms with Crippen molar-refractivity contribution in [2.24, 2.45) is 0 Å². The van der Waals surface area contributed by atoms with E-state index in [1.165, 1.54) is 11.1 Å². The number of H-pyrrole nitrogens is 1. The van der Waals surface area contributed by atoms with Crippen LogP contribution in [0.2, 0.25) is 0 Å². The first kappa shape index (κ1) is 16.6. The van der Waals surface area contributed by atoms with E-state index in [0.717, 1.165) is 17.0 Å². The number of hydrogen-bond donors (Lipinski definition) is 1. The van der Waals surface area contributed by atoms with E-state index in [1.54, 1.807) is 12.1 Å². The summed E-state index contributed by atoms with van der Waals surface area (Å²) in [5.41, 5.74) is 5.76. The van der Waals surface area contributed by atoms with Crippen LogP contribution in [-0.2, 0) is 0 Å². The zero-order chi connectivity index (χ0) is 18.5. The highest BCUT2D eigenvalue weighted by molar-refractivity contribution is 6.09. The summed E-state index contributed by atoms with van der Waals surface area (Å²) in [5, 5.41) is 0. The Hall–Kier alpha value is -3.83. The quantitative estimate of drug-likeness (QED) is 0.381. The lowest BCUT2D eigenvalue weighted by Crippen LogP contribution is -1.93. The fourth-order valence-corrected chi connectivity index (χ4v) is 2.90. The van der Waals surface area contributed by atoms with Gasteiger partial charge in [0.1, 0.15) is 0 Å². The van der Waals surface area contributed by atoms with E-state index in [0.29, 0.717) is 5.56 Å². The van der Waals surface area contributed by atoms with Crippen molar-refractivity contribution in [3.63, 3.8) is 0 Å². The normalized spacial score (nSPS) is 10.1. The smallest absolute Gasteiger partial charge is 0.236 e. The molecule has 0 aliphatic rings. The molecule has 0 saturated carbocycles. The minimum atomic E-state index is -0.182. The highest BCUT2D eigenvalue weighted by Crippen LogP contribution is 2.24. The summed E-state index contributed by atoms with van der Waals surface area (Å²) in [5.74, 6) is 5.42. The van der Waals surface area contributed by atoms with Crippen LogP contribution in [-0.4, -0.2) is 10.8 Å². The maximum Gasteiger partial charge on any atom is 0.236 e. The summed E-state index contributed by atoms with van der Waals surface area (Å²) in [6.07, 6.45) is 0. The van der Waals surface area contributed by atoms with E-state index >= 15 is 0 Å². The number of Topliss-reactive ketones (excluding diaryl/α,β-unsaturated/α-hetero) is 1. The third-order valence-corrected chi connectivity index (χ3v) is 4.34. The second kappa shape index (κ2) is 7.59. The number of rotatable bonds is 3. The number of aromatic nitrogens is 1. The summed E-state index contributed by atoms with van der Waals surface area (Å²) in [4.78, 5) is 15.3. The van der Waals surface area contributed by atoms with Crippen LogP contribution >= 0.6 is 0 Å². The molecule has 1 N–H and O–H groups in total. The van der Waals surface area contributed by atoms with Gasteiger partial charge in [0.15, 0.2) is 0 Å². The third kappa shape index (κ3) is 3.89. The van der Waals surface area contributed by atoms with Gasteiger partial charge in [-0.1, -0.05) is 84.9 Å². The lowest BCUT2D eigenvalue weighted by molar-refractivity contribution is 0.105. The van der Waals surface area contributed by atoms with Gasteiger partial charge in [-0.3, -0.25) is 4.79 Å². The second-order valence-corrected chi connectivity index (χ2v) is 6.17. The number of benzene rings is 3. The van der Waals surface area contributed by atoms with Crippen LogP contribution < -0.4 is 0 Å². The molecule has 4 aromatic rings. The highest BCUT2D eigenvalue weighted by Gasteiger charge is 2.03. The van der Waals surface area contributed by atoms with Gasteiger partial charge in [0.05, 0.1) is 5.69 Å². The maximum atomic E-state index is 12.1. The van der Waals surface area contributed by atoms with E-state index in [1.807, 2.05) is 48.5 Å². The van der Waals surface area contributed by atoms with Gasteiger partial charge < -0.3 is 4.98 Å². The summed E-state index contributed by atoms with van der Waals surface area (Å²) in [6.45, 7) is 0. The lowest BCUT2D eigenvalue weighted by Gasteiger charge is -2.03. The van der Waals surface area contributed by atoms with Crippen molar-refractivity contribution in [3.05, 3.63) is 108 Å². The van der Waals surface area contributed by atoms with Crippen LogP contribution in [0.4, 0.5) is 0 Å². The predicted octanol–water partition coefficient (Wildman–Crippen LogP) is 5.58. The molecule has 0 spiro atoms. The van der Waals surface area contributed by atoms with E-state index in [-0.39, 0.29) is 5.78 Å². The molecule has 0 amide bonds. The summed E-state index contributed by atoms with van der Waals surface area (Å²) < 4.78 is 0. The van der Waals surface area contributed by atoms with E-state index in [9.17, 15) is 4.79 Å². The molecule has 0 aliphatic carbocycles. The molecule has 2 nitrogen and oxygen atoms in total. The van der Waals surface area contributed by atoms with Crippen molar-refractivity contribution in [2.45, 2.75) is 0 Å². The number of ketones is 1. The van der Waals surface area contributed by atoms with Crippen molar-refractivity contribution < 1.29 is 4.79 Å². The molecule has 27 heavy (non-hydrogen) atoms. The molecule has 0 saturated heterocycles. The van der Waals surface area contributed by atoms with E-state index in [4.69, 9.17) is 0 Å². The van der Waals surface area contributed by atoms with Gasteiger partial charge in [0.2, 0.25) is 5.78 Å². The van der Waals surface area contributed by atoms with Crippen LogP contribution in [0.1, 0.15) is 16.1 Å². The molecule has 4 rings (SSSR count). The average Bonchev–Trinajstić information content (AvgIpc) is 3.22. The van der Waals surface area contributed by atoms with Gasteiger partial charge in [-0.2, -0.15) is 0 Å². The Morgan fingerprint density at radius 2 is 1.22 bits per heavy atom. The fourth-order valence-electron chi connectivity index (χ4n) is 2.90. The Morgan fingerprint density at radius 3 is 1.93 bits per heavy atom. The Balaban J connectivity index is 1.52. The van der Waals surface area contributed by atoms with Crippen LogP contribution in [0.5, 0.6) is 0 Å². The number of carbonyl (C=O) groups is 1. The van der Waals surface area contributed by atoms with Gasteiger partial charge in [0, 0.05) is 11.3 Å². The third-order valence-electron chi connectivity index (χ3n) is 4.34. The van der Waals surface area contributed by atoms with Gasteiger partial charge >= 0.3 is 0 Å². The zero-order valence-corrected chi connectivity index (χ0v) is 14.6. The van der Waals surface area contributed by atoms with Crippen molar-refractivity contribution >= 4 is 5.78 Å². The SMILES string of the molecule is O=C(C#Cc1ccc(-c2ccc(-c3ccccc3)cc2)[nH]1)c1ccccc1. The minimum Gasteiger partial charge on any atom is -0.348 e. The Morgan fingerprint density at radius 1 is 0.630 bits per heavy atom. The summed E-state index contributed by atoms with van der Waals surface area (Å²) in [7, 11) is 0. The minimum absolute atomic E-state index is 0.182. The number of nitrogens with one attached hydrogen (secondary N) is 1. The van der Waals surface area contributed by atoms with Crippen LogP contribution in [0.15, 0.2) is 97.1 Å². The van der Waals surface area contributed by atoms with Gasteiger partial charge in [-0.25, -0.2) is 0 Å². The van der Waals surface area contributed by atoms with Crippen molar-refractivity contribution in [2.75, 3.05) is 0 Å². The average molecular weight is 347 g/mol. The molecule has 0 radical (unpaired) electrons. The lowest BCUT2D eigenvalue weighted by atomic mass is 10.0. The van der Waals surface area contributed by atoms with Crippen LogP contribution in [0.25, 0.3) is 22.4 Å². The molecule has 1 aromatic heterocycles. The molecule has 0 unspecified atom stereocenters. The van der Waals surface area contributed by atoms with Crippen LogP contribution in [0, 0.1) is 11.8 Å².